The molecule has 10 nitrogen and oxygen atoms in total. The van der Waals surface area contributed by atoms with Crippen LogP contribution in [0, 0.1) is 5.92 Å². The minimum absolute atomic E-state index is 0.0595. The van der Waals surface area contributed by atoms with Gasteiger partial charge in [0.05, 0.1) is 23.8 Å². The summed E-state index contributed by atoms with van der Waals surface area (Å²) in [6, 6.07) is 19.2. The summed E-state index contributed by atoms with van der Waals surface area (Å²) in [5, 5.41) is 3.74. The van der Waals surface area contributed by atoms with Gasteiger partial charge in [-0.1, -0.05) is 91.1 Å². The number of hydrogen-bond donors (Lipinski definition) is 1. The number of carbonyl (C=O) groups excluding carboxylic acids is 2. The number of nitrogens with zero attached hydrogens (tertiary/aromatic N) is 3. The lowest BCUT2D eigenvalue weighted by Crippen LogP contribution is -2.36. The number of rotatable bonds is 15. The van der Waals surface area contributed by atoms with Crippen LogP contribution in [0.3, 0.4) is 0 Å². The lowest BCUT2D eigenvalue weighted by Gasteiger charge is -2.23. The number of amides is 1. The molecular formula is C33H37ClN4O6S2. The smallest absolute Gasteiger partial charge is 0.307 e. The number of anilines is 1. The van der Waals surface area contributed by atoms with Crippen molar-refractivity contribution in [2.45, 2.75) is 55.9 Å². The molecule has 1 N–H and O–H groups in total. The van der Waals surface area contributed by atoms with Crippen LogP contribution in [-0.4, -0.2) is 61.4 Å². The fraction of sp³-hybridized carbons (Fsp3) is 0.394. The van der Waals surface area contributed by atoms with Gasteiger partial charge in [-0.15, -0.1) is 0 Å². The molecule has 244 valence electrons. The number of pyridine rings is 1. The van der Waals surface area contributed by atoms with E-state index in [1.54, 1.807) is 24.3 Å². The van der Waals surface area contributed by atoms with Crippen molar-refractivity contribution in [3.05, 3.63) is 83.0 Å². The van der Waals surface area contributed by atoms with E-state index in [4.69, 9.17) is 21.1 Å². The zero-order valence-corrected chi connectivity index (χ0v) is 28.0. The second-order valence-corrected chi connectivity index (χ2v) is 14.6. The Morgan fingerprint density at radius 3 is 2.48 bits per heavy atom. The fourth-order valence-corrected chi connectivity index (χ4v) is 8.07. The van der Waals surface area contributed by atoms with Crippen LogP contribution in [0.5, 0.6) is 0 Å². The number of halogens is 1. The quantitative estimate of drug-likeness (QED) is 0.112. The van der Waals surface area contributed by atoms with Crippen LogP contribution in [0.1, 0.15) is 55.6 Å². The molecule has 1 aliphatic carbocycles. The third-order valence-corrected chi connectivity index (χ3v) is 11.1. The van der Waals surface area contributed by atoms with Gasteiger partial charge in [0, 0.05) is 20.2 Å². The lowest BCUT2D eigenvalue weighted by atomic mass is 9.87. The molecule has 0 bridgehead atoms. The number of methoxy groups -OCH3 is 1. The van der Waals surface area contributed by atoms with E-state index in [-0.39, 0.29) is 43.5 Å². The zero-order valence-electron chi connectivity index (χ0n) is 25.6. The summed E-state index contributed by atoms with van der Waals surface area (Å²) in [6.07, 6.45) is 4.93. The van der Waals surface area contributed by atoms with Gasteiger partial charge in [0.25, 0.3) is 0 Å². The van der Waals surface area contributed by atoms with Gasteiger partial charge in [-0.25, -0.2) is 18.4 Å². The largest absolute Gasteiger partial charge is 0.461 e. The van der Waals surface area contributed by atoms with Gasteiger partial charge in [-0.05, 0) is 47.7 Å². The molecule has 0 radical (unpaired) electrons. The average Bonchev–Trinajstić information content (AvgIpc) is 3.72. The standard InChI is InChI=1S/C33H37ClN4O6S2/c1-43-20-19-38(18-17-30(39)44-22-24-9-3-2-4-10-24)46(41,42)26-13-11-25(12-14-26)27(21-23-7-5-6-8-23)31(40)37-33-35-28-15-16-29(34)36-32(28)45-33/h2-4,9-16,23,27H,5-8,17-22H2,1H3,(H,35,37,40)/t27-/m1/s1. The Balaban J connectivity index is 1.29. The molecule has 0 aliphatic heterocycles. The molecule has 0 spiro atoms. The molecule has 2 heterocycles. The third kappa shape index (κ3) is 8.89. The molecular weight excluding hydrogens is 648 g/mol. The Morgan fingerprint density at radius 1 is 1.02 bits per heavy atom. The van der Waals surface area contributed by atoms with Crippen LogP contribution < -0.4 is 5.32 Å². The predicted octanol–water partition coefficient (Wildman–Crippen LogP) is 6.42. The van der Waals surface area contributed by atoms with Crippen LogP contribution in [0.15, 0.2) is 71.6 Å². The highest BCUT2D eigenvalue weighted by Gasteiger charge is 2.29. The Hall–Kier alpha value is -3.42. The van der Waals surface area contributed by atoms with Crippen molar-refractivity contribution in [3.8, 4) is 0 Å². The summed E-state index contributed by atoms with van der Waals surface area (Å²) >= 11 is 7.27. The summed E-state index contributed by atoms with van der Waals surface area (Å²) in [4.78, 5) is 35.6. The van der Waals surface area contributed by atoms with E-state index < -0.39 is 21.9 Å². The number of aromatic nitrogens is 2. The first kappa shape index (κ1) is 33.9. The number of nitrogens with one attached hydrogen (secondary N) is 1. The van der Waals surface area contributed by atoms with Crippen LogP contribution in [0.4, 0.5) is 5.13 Å². The van der Waals surface area contributed by atoms with Crippen molar-refractivity contribution < 1.29 is 27.5 Å². The summed E-state index contributed by atoms with van der Waals surface area (Å²) in [6.45, 7) is 0.288. The number of ether oxygens (including phenoxy) is 2. The number of benzene rings is 2. The molecule has 1 aliphatic rings. The molecule has 0 unspecified atom stereocenters. The highest BCUT2D eigenvalue weighted by molar-refractivity contribution is 7.89. The fourth-order valence-electron chi connectivity index (χ4n) is 5.61. The van der Waals surface area contributed by atoms with Gasteiger partial charge in [0.15, 0.2) is 5.13 Å². The van der Waals surface area contributed by atoms with Crippen molar-refractivity contribution in [1.82, 2.24) is 14.3 Å². The van der Waals surface area contributed by atoms with Crippen LogP contribution in [-0.2, 0) is 35.7 Å². The minimum atomic E-state index is -3.97. The Bertz CT molecular complexity index is 1730. The maximum Gasteiger partial charge on any atom is 0.307 e. The van der Waals surface area contributed by atoms with Gasteiger partial charge >= 0.3 is 5.97 Å². The molecule has 4 aromatic rings. The maximum absolute atomic E-state index is 13.7. The van der Waals surface area contributed by atoms with E-state index >= 15 is 0 Å². The maximum atomic E-state index is 13.7. The summed E-state index contributed by atoms with van der Waals surface area (Å²) in [5.41, 5.74) is 2.22. The normalized spacial score (nSPS) is 14.5. The summed E-state index contributed by atoms with van der Waals surface area (Å²) in [5.74, 6) is -0.790. The third-order valence-electron chi connectivity index (χ3n) is 8.08. The van der Waals surface area contributed by atoms with Gasteiger partial charge in [0.1, 0.15) is 22.1 Å². The Morgan fingerprint density at radius 2 is 1.76 bits per heavy atom. The molecule has 5 rings (SSSR count). The Kier molecular flexibility index (Phi) is 11.7. The SMILES string of the molecule is COCCN(CCC(=O)OCc1ccccc1)S(=O)(=O)c1ccc([C@@H](CC2CCCC2)C(=O)Nc2nc3ccc(Cl)nc3s2)cc1. The molecule has 1 atom stereocenters. The molecule has 1 saturated carbocycles. The summed E-state index contributed by atoms with van der Waals surface area (Å²) in [7, 11) is -2.48. The topological polar surface area (TPSA) is 128 Å². The number of thiazole rings is 1. The first-order chi connectivity index (χ1) is 22.2. The first-order valence-electron chi connectivity index (χ1n) is 15.3. The van der Waals surface area contributed by atoms with Crippen molar-refractivity contribution >= 4 is 60.3 Å². The first-order valence-corrected chi connectivity index (χ1v) is 17.9. The molecule has 2 aromatic heterocycles. The van der Waals surface area contributed by atoms with Crippen LogP contribution in [0.25, 0.3) is 10.3 Å². The van der Waals surface area contributed by atoms with Crippen LogP contribution >= 0.6 is 22.9 Å². The van der Waals surface area contributed by atoms with Gasteiger partial charge in [-0.2, -0.15) is 4.31 Å². The minimum Gasteiger partial charge on any atom is -0.461 e. The van der Waals surface area contributed by atoms with Crippen molar-refractivity contribution in [3.63, 3.8) is 0 Å². The molecule has 1 amide bonds. The van der Waals surface area contributed by atoms with Gasteiger partial charge < -0.3 is 14.8 Å². The van der Waals surface area contributed by atoms with E-state index in [1.807, 2.05) is 30.3 Å². The second-order valence-electron chi connectivity index (χ2n) is 11.3. The average molecular weight is 685 g/mol. The zero-order chi connectivity index (χ0) is 32.5. The number of fused-ring (bicyclic) bond motifs is 1. The lowest BCUT2D eigenvalue weighted by molar-refractivity contribution is -0.145. The molecule has 0 saturated heterocycles. The molecule has 1 fully saturated rings. The van der Waals surface area contributed by atoms with E-state index in [9.17, 15) is 18.0 Å². The van der Waals surface area contributed by atoms with Crippen molar-refractivity contribution in [1.29, 1.82) is 0 Å². The predicted molar refractivity (Wildman–Crippen MR) is 178 cm³/mol. The van der Waals surface area contributed by atoms with E-state index in [2.05, 4.69) is 15.3 Å². The highest BCUT2D eigenvalue weighted by Crippen LogP contribution is 2.36. The molecule has 46 heavy (non-hydrogen) atoms. The number of sulfonamides is 1. The highest BCUT2D eigenvalue weighted by atomic mass is 35.5. The van der Waals surface area contributed by atoms with Gasteiger partial charge in [-0.3, -0.25) is 9.59 Å². The Labute approximate surface area is 278 Å². The molecule has 13 heteroatoms. The van der Waals surface area contributed by atoms with Crippen LogP contribution in [0.2, 0.25) is 5.15 Å². The van der Waals surface area contributed by atoms with E-state index in [0.717, 1.165) is 36.8 Å². The summed E-state index contributed by atoms with van der Waals surface area (Å²) < 4.78 is 39.1. The van der Waals surface area contributed by atoms with Gasteiger partial charge in [0.2, 0.25) is 15.9 Å². The molecule has 2 aromatic carbocycles. The van der Waals surface area contributed by atoms with E-state index in [0.29, 0.717) is 33.0 Å². The second kappa shape index (κ2) is 15.9. The van der Waals surface area contributed by atoms with Crippen molar-refractivity contribution in [2.24, 2.45) is 5.92 Å². The monoisotopic (exact) mass is 684 g/mol. The number of esters is 1. The van der Waals surface area contributed by atoms with Crippen molar-refractivity contribution in [2.75, 3.05) is 32.1 Å². The van der Waals surface area contributed by atoms with E-state index in [1.165, 1.54) is 34.9 Å². The number of hydrogen-bond acceptors (Lipinski definition) is 9. The number of carbonyl (C=O) groups is 2.